The van der Waals surface area contributed by atoms with Crippen molar-refractivity contribution in [2.75, 3.05) is 0 Å². The van der Waals surface area contributed by atoms with Crippen LogP contribution in [0, 0.1) is 0 Å². The summed E-state index contributed by atoms with van der Waals surface area (Å²) in [7, 11) is 0. The lowest BCUT2D eigenvalue weighted by Gasteiger charge is -2.00. The zero-order chi connectivity index (χ0) is 16.3. The standard InChI is InChI=1S/C20H34O2/c1-2-3-4-5-6-7-8-9-10-11-12-13-14-15-16-17-18-19-20(21)22/h3-6,17-18H,2,7-16,19H2,1H3,(H,21,22)/b4-3+,6-5+,18-17+. The monoisotopic (exact) mass is 306 g/mol. The maximum absolute atomic E-state index is 10.3. The Labute approximate surface area is 137 Å². The van der Waals surface area contributed by atoms with E-state index >= 15 is 0 Å². The second-order valence-corrected chi connectivity index (χ2v) is 5.74. The summed E-state index contributed by atoms with van der Waals surface area (Å²) in [6.45, 7) is 2.15. The third-order valence-corrected chi connectivity index (χ3v) is 3.57. The Kier molecular flexibility index (Phi) is 16.7. The number of unbranched alkanes of at least 4 members (excludes halogenated alkanes) is 9. The number of hydrogen-bond donors (Lipinski definition) is 1. The van der Waals surface area contributed by atoms with Crippen LogP contribution in [-0.4, -0.2) is 11.1 Å². The van der Waals surface area contributed by atoms with Gasteiger partial charge in [0.15, 0.2) is 0 Å². The summed E-state index contributed by atoms with van der Waals surface area (Å²) >= 11 is 0. The number of carboxylic acid groups (broad SMARTS) is 1. The minimum absolute atomic E-state index is 0.157. The van der Waals surface area contributed by atoms with Gasteiger partial charge < -0.3 is 5.11 Å². The van der Waals surface area contributed by atoms with Crippen LogP contribution in [0.1, 0.15) is 84.0 Å². The Morgan fingerprint density at radius 3 is 1.77 bits per heavy atom. The average molecular weight is 306 g/mol. The van der Waals surface area contributed by atoms with Gasteiger partial charge in [-0.05, 0) is 32.1 Å². The fourth-order valence-electron chi connectivity index (χ4n) is 2.28. The lowest BCUT2D eigenvalue weighted by atomic mass is 10.1. The Morgan fingerprint density at radius 2 is 1.23 bits per heavy atom. The molecule has 0 radical (unpaired) electrons. The number of hydrogen-bond acceptors (Lipinski definition) is 1. The highest BCUT2D eigenvalue weighted by molar-refractivity contribution is 5.68. The highest BCUT2D eigenvalue weighted by Gasteiger charge is 1.92. The molecule has 1 N–H and O–H groups in total. The van der Waals surface area contributed by atoms with Crippen LogP contribution in [0.4, 0.5) is 0 Å². The van der Waals surface area contributed by atoms with Crippen LogP contribution in [0.5, 0.6) is 0 Å². The first-order valence-electron chi connectivity index (χ1n) is 8.95. The quantitative estimate of drug-likeness (QED) is 0.215. The second-order valence-electron chi connectivity index (χ2n) is 5.74. The summed E-state index contributed by atoms with van der Waals surface area (Å²) in [5.41, 5.74) is 0. The molecule has 0 aromatic heterocycles. The van der Waals surface area contributed by atoms with Crippen molar-refractivity contribution >= 4 is 5.97 Å². The van der Waals surface area contributed by atoms with Gasteiger partial charge in [0.25, 0.3) is 0 Å². The average Bonchev–Trinajstić information content (AvgIpc) is 2.50. The van der Waals surface area contributed by atoms with Crippen molar-refractivity contribution < 1.29 is 9.90 Å². The van der Waals surface area contributed by atoms with Gasteiger partial charge in [-0.15, -0.1) is 0 Å². The van der Waals surface area contributed by atoms with Crippen LogP contribution in [0.2, 0.25) is 0 Å². The van der Waals surface area contributed by atoms with E-state index in [1.54, 1.807) is 6.08 Å². The first-order valence-corrected chi connectivity index (χ1v) is 8.95. The van der Waals surface area contributed by atoms with Crippen molar-refractivity contribution in [2.24, 2.45) is 0 Å². The van der Waals surface area contributed by atoms with Gasteiger partial charge in [-0.25, -0.2) is 0 Å². The molecular formula is C20H34O2. The van der Waals surface area contributed by atoms with E-state index in [2.05, 4.69) is 31.2 Å². The van der Waals surface area contributed by atoms with Gasteiger partial charge >= 0.3 is 5.97 Å². The van der Waals surface area contributed by atoms with Crippen LogP contribution in [0.25, 0.3) is 0 Å². The molecule has 0 rings (SSSR count). The fraction of sp³-hybridized carbons (Fsp3) is 0.650. The smallest absolute Gasteiger partial charge is 0.307 e. The summed E-state index contributed by atoms with van der Waals surface area (Å²) in [6.07, 6.45) is 26.5. The molecule has 0 saturated heterocycles. The fourth-order valence-corrected chi connectivity index (χ4v) is 2.28. The maximum atomic E-state index is 10.3. The van der Waals surface area contributed by atoms with E-state index < -0.39 is 5.97 Å². The molecule has 126 valence electrons. The Hall–Kier alpha value is -1.31. The van der Waals surface area contributed by atoms with E-state index in [0.29, 0.717) is 0 Å². The number of aliphatic carboxylic acids is 1. The number of allylic oxidation sites excluding steroid dienone is 5. The molecule has 2 heteroatoms. The largest absolute Gasteiger partial charge is 0.481 e. The summed E-state index contributed by atoms with van der Waals surface area (Å²) in [4.78, 5) is 10.3. The van der Waals surface area contributed by atoms with E-state index in [1.807, 2.05) is 6.08 Å². The van der Waals surface area contributed by atoms with E-state index in [-0.39, 0.29) is 6.42 Å². The van der Waals surface area contributed by atoms with Crippen molar-refractivity contribution in [3.8, 4) is 0 Å². The van der Waals surface area contributed by atoms with Crippen LogP contribution < -0.4 is 0 Å². The van der Waals surface area contributed by atoms with Crippen molar-refractivity contribution in [3.05, 3.63) is 36.5 Å². The molecule has 0 amide bonds. The van der Waals surface area contributed by atoms with Gasteiger partial charge in [0.1, 0.15) is 0 Å². The maximum Gasteiger partial charge on any atom is 0.307 e. The molecule has 0 fully saturated rings. The lowest BCUT2D eigenvalue weighted by molar-refractivity contribution is -0.136. The van der Waals surface area contributed by atoms with E-state index in [1.165, 1.54) is 57.8 Å². The molecule has 0 unspecified atom stereocenters. The first-order chi connectivity index (χ1) is 10.8. The van der Waals surface area contributed by atoms with E-state index in [4.69, 9.17) is 5.11 Å². The number of carbonyl (C=O) groups is 1. The summed E-state index contributed by atoms with van der Waals surface area (Å²) in [5, 5.41) is 8.48. The summed E-state index contributed by atoms with van der Waals surface area (Å²) < 4.78 is 0. The van der Waals surface area contributed by atoms with Gasteiger partial charge in [-0.3, -0.25) is 4.79 Å². The lowest BCUT2D eigenvalue weighted by Crippen LogP contribution is -1.89. The molecule has 0 aliphatic carbocycles. The molecule has 22 heavy (non-hydrogen) atoms. The molecule has 0 atom stereocenters. The first kappa shape index (κ1) is 20.7. The van der Waals surface area contributed by atoms with Crippen molar-refractivity contribution in [2.45, 2.75) is 84.0 Å². The molecule has 0 aromatic carbocycles. The highest BCUT2D eigenvalue weighted by Crippen LogP contribution is 2.11. The molecule has 0 aromatic rings. The molecule has 0 aliphatic heterocycles. The third kappa shape index (κ3) is 18.7. The molecule has 0 spiro atoms. The minimum Gasteiger partial charge on any atom is -0.481 e. The zero-order valence-corrected chi connectivity index (χ0v) is 14.3. The van der Waals surface area contributed by atoms with Gasteiger partial charge in [0, 0.05) is 0 Å². The Bertz CT molecular complexity index is 327. The van der Waals surface area contributed by atoms with Gasteiger partial charge in [0.05, 0.1) is 6.42 Å². The Balaban J connectivity index is 3.14. The van der Waals surface area contributed by atoms with E-state index in [9.17, 15) is 4.79 Å². The molecule has 0 bridgehead atoms. The van der Waals surface area contributed by atoms with Gasteiger partial charge in [0.2, 0.25) is 0 Å². The van der Waals surface area contributed by atoms with Crippen molar-refractivity contribution in [1.82, 2.24) is 0 Å². The van der Waals surface area contributed by atoms with Crippen molar-refractivity contribution in [1.29, 1.82) is 0 Å². The van der Waals surface area contributed by atoms with Crippen molar-refractivity contribution in [3.63, 3.8) is 0 Å². The molecule has 2 nitrogen and oxygen atoms in total. The summed E-state index contributed by atoms with van der Waals surface area (Å²) in [6, 6.07) is 0. The normalized spacial score (nSPS) is 12.0. The second kappa shape index (κ2) is 17.7. The SMILES string of the molecule is CC/C=C/C=C/CCCCCCCCCC/C=C/CC(=O)O. The Morgan fingerprint density at radius 1 is 0.727 bits per heavy atom. The number of rotatable bonds is 15. The molecular weight excluding hydrogens is 272 g/mol. The minimum atomic E-state index is -0.746. The topological polar surface area (TPSA) is 37.3 Å². The van der Waals surface area contributed by atoms with Crippen LogP contribution >= 0.6 is 0 Å². The van der Waals surface area contributed by atoms with Gasteiger partial charge in [-0.2, -0.15) is 0 Å². The molecule has 0 heterocycles. The van der Waals surface area contributed by atoms with Gasteiger partial charge in [-0.1, -0.05) is 81.9 Å². The highest BCUT2D eigenvalue weighted by atomic mass is 16.4. The third-order valence-electron chi connectivity index (χ3n) is 3.57. The number of carboxylic acids is 1. The van der Waals surface area contributed by atoms with Crippen LogP contribution in [0.3, 0.4) is 0 Å². The van der Waals surface area contributed by atoms with E-state index in [0.717, 1.165) is 12.8 Å². The molecule has 0 aliphatic rings. The zero-order valence-electron chi connectivity index (χ0n) is 14.3. The summed E-state index contributed by atoms with van der Waals surface area (Å²) in [5.74, 6) is -0.746. The molecule has 0 saturated carbocycles. The predicted octanol–water partition coefficient (Wildman–Crippen LogP) is 6.44. The van der Waals surface area contributed by atoms with Crippen LogP contribution in [0.15, 0.2) is 36.5 Å². The van der Waals surface area contributed by atoms with Crippen LogP contribution in [-0.2, 0) is 4.79 Å². The predicted molar refractivity (Wildman–Crippen MR) is 96.1 cm³/mol.